The summed E-state index contributed by atoms with van der Waals surface area (Å²) in [6.45, 7) is 0.423. The Morgan fingerprint density at radius 2 is 1.94 bits per heavy atom. The molecule has 1 aromatic carbocycles. The zero-order valence-corrected chi connectivity index (χ0v) is 10.9. The lowest BCUT2D eigenvalue weighted by molar-refractivity contribution is 0.906. The topological polar surface area (TPSA) is 71.8 Å². The van der Waals surface area contributed by atoms with Crippen molar-refractivity contribution in [3.8, 4) is 11.4 Å². The van der Waals surface area contributed by atoms with E-state index in [0.29, 0.717) is 40.1 Å². The van der Waals surface area contributed by atoms with E-state index in [0.717, 1.165) is 0 Å². The van der Waals surface area contributed by atoms with E-state index in [1.807, 2.05) is 0 Å². The molecule has 2 rings (SSSR count). The zero-order valence-electron chi connectivity index (χ0n) is 9.41. The number of halogens is 2. The summed E-state index contributed by atoms with van der Waals surface area (Å²) < 4.78 is 0. The van der Waals surface area contributed by atoms with Gasteiger partial charge in [-0.15, -0.1) is 0 Å². The molecule has 0 saturated heterocycles. The van der Waals surface area contributed by atoms with E-state index in [1.54, 1.807) is 18.2 Å². The Morgan fingerprint density at radius 1 is 1.28 bits per heavy atom. The summed E-state index contributed by atoms with van der Waals surface area (Å²) in [5.41, 5.74) is 6.35. The highest BCUT2D eigenvalue weighted by atomic mass is 35.5. The van der Waals surface area contributed by atoms with Crippen LogP contribution in [0.2, 0.25) is 10.0 Å². The maximum atomic E-state index is 11.6. The van der Waals surface area contributed by atoms with Crippen molar-refractivity contribution in [1.29, 1.82) is 0 Å². The molecule has 0 atom stereocenters. The number of nitrogens with two attached hydrogens (primary N) is 1. The van der Waals surface area contributed by atoms with Gasteiger partial charge in [0.15, 0.2) is 0 Å². The van der Waals surface area contributed by atoms with E-state index in [1.165, 1.54) is 6.07 Å². The Kier molecular flexibility index (Phi) is 4.01. The molecule has 0 saturated carbocycles. The maximum absolute atomic E-state index is 11.6. The second-order valence-corrected chi connectivity index (χ2v) is 4.54. The lowest BCUT2D eigenvalue weighted by Crippen LogP contribution is -2.13. The van der Waals surface area contributed by atoms with Crippen molar-refractivity contribution in [2.45, 2.75) is 6.42 Å². The summed E-state index contributed by atoms with van der Waals surface area (Å²) in [6.07, 6.45) is 0.527. The fourth-order valence-electron chi connectivity index (χ4n) is 1.63. The molecule has 18 heavy (non-hydrogen) atoms. The van der Waals surface area contributed by atoms with Gasteiger partial charge in [0, 0.05) is 18.2 Å². The summed E-state index contributed by atoms with van der Waals surface area (Å²) in [4.78, 5) is 18.5. The van der Waals surface area contributed by atoms with Gasteiger partial charge in [-0.3, -0.25) is 4.79 Å². The number of aromatic nitrogens is 2. The zero-order chi connectivity index (χ0) is 13.1. The Labute approximate surface area is 114 Å². The minimum Gasteiger partial charge on any atom is -0.330 e. The molecule has 4 nitrogen and oxygen atoms in total. The molecule has 0 unspecified atom stereocenters. The molecular formula is C12H11Cl2N3O. The van der Waals surface area contributed by atoms with Gasteiger partial charge in [-0.05, 0) is 18.7 Å². The highest BCUT2D eigenvalue weighted by molar-refractivity contribution is 6.38. The van der Waals surface area contributed by atoms with Crippen molar-refractivity contribution in [1.82, 2.24) is 9.97 Å². The molecule has 0 radical (unpaired) electrons. The minimum absolute atomic E-state index is 0.251. The molecule has 2 aromatic rings. The fraction of sp³-hybridized carbons (Fsp3) is 0.167. The van der Waals surface area contributed by atoms with Gasteiger partial charge in [-0.25, -0.2) is 4.98 Å². The van der Waals surface area contributed by atoms with E-state index in [4.69, 9.17) is 28.9 Å². The standard InChI is InChI=1S/C12H11Cl2N3O/c13-8-2-1-3-9(14)11(8)12-16-7(4-5-15)6-10(18)17-12/h1-3,6H,4-5,15H2,(H,16,17,18). The first-order valence-corrected chi connectivity index (χ1v) is 6.12. The average Bonchev–Trinajstić information content (AvgIpc) is 2.28. The van der Waals surface area contributed by atoms with E-state index >= 15 is 0 Å². The van der Waals surface area contributed by atoms with Crippen LogP contribution in [0.25, 0.3) is 11.4 Å². The van der Waals surface area contributed by atoms with Crippen molar-refractivity contribution in [2.75, 3.05) is 6.54 Å². The second-order valence-electron chi connectivity index (χ2n) is 3.72. The third-order valence-corrected chi connectivity index (χ3v) is 3.02. The molecule has 1 aromatic heterocycles. The van der Waals surface area contributed by atoms with Gasteiger partial charge in [0.1, 0.15) is 5.82 Å². The third kappa shape index (κ3) is 2.72. The van der Waals surface area contributed by atoms with Gasteiger partial charge in [0.05, 0.1) is 15.6 Å². The summed E-state index contributed by atoms with van der Waals surface area (Å²) >= 11 is 12.1. The van der Waals surface area contributed by atoms with Crippen molar-refractivity contribution in [3.05, 3.63) is 50.4 Å². The average molecular weight is 284 g/mol. The first-order chi connectivity index (χ1) is 8.61. The highest BCUT2D eigenvalue weighted by Crippen LogP contribution is 2.31. The predicted octanol–water partition coefficient (Wildman–Crippen LogP) is 2.24. The Morgan fingerprint density at radius 3 is 2.56 bits per heavy atom. The Bertz CT molecular complexity index is 605. The smallest absolute Gasteiger partial charge is 0.251 e. The van der Waals surface area contributed by atoms with Crippen LogP contribution in [-0.2, 0) is 6.42 Å². The molecular weight excluding hydrogens is 273 g/mol. The van der Waals surface area contributed by atoms with E-state index in [9.17, 15) is 4.79 Å². The molecule has 0 aliphatic rings. The van der Waals surface area contributed by atoms with Gasteiger partial charge in [0.2, 0.25) is 0 Å². The highest BCUT2D eigenvalue weighted by Gasteiger charge is 2.11. The second kappa shape index (κ2) is 5.52. The molecule has 6 heteroatoms. The Hall–Kier alpha value is -1.36. The minimum atomic E-state index is -0.251. The largest absolute Gasteiger partial charge is 0.330 e. The molecule has 94 valence electrons. The van der Waals surface area contributed by atoms with Crippen LogP contribution >= 0.6 is 23.2 Å². The van der Waals surface area contributed by atoms with Crippen LogP contribution in [-0.4, -0.2) is 16.5 Å². The molecule has 0 aliphatic carbocycles. The van der Waals surface area contributed by atoms with E-state index in [-0.39, 0.29) is 5.56 Å². The van der Waals surface area contributed by atoms with Crippen molar-refractivity contribution < 1.29 is 0 Å². The van der Waals surface area contributed by atoms with Crippen molar-refractivity contribution >= 4 is 23.2 Å². The normalized spacial score (nSPS) is 10.6. The number of hydrogen-bond donors (Lipinski definition) is 2. The predicted molar refractivity (Wildman–Crippen MR) is 73.1 cm³/mol. The Balaban J connectivity index is 2.60. The molecule has 3 N–H and O–H groups in total. The molecule has 0 spiro atoms. The molecule has 1 heterocycles. The summed E-state index contributed by atoms with van der Waals surface area (Å²) in [5.74, 6) is 0.363. The van der Waals surface area contributed by atoms with Gasteiger partial charge in [-0.2, -0.15) is 0 Å². The lowest BCUT2D eigenvalue weighted by atomic mass is 10.2. The van der Waals surface area contributed by atoms with Crippen LogP contribution in [0.5, 0.6) is 0 Å². The van der Waals surface area contributed by atoms with Gasteiger partial charge >= 0.3 is 0 Å². The SMILES string of the molecule is NCCc1cc(=O)[nH]c(-c2c(Cl)cccc2Cl)n1. The van der Waals surface area contributed by atoms with Crippen LogP contribution < -0.4 is 11.3 Å². The molecule has 0 fully saturated rings. The number of rotatable bonds is 3. The van der Waals surface area contributed by atoms with E-state index < -0.39 is 0 Å². The van der Waals surface area contributed by atoms with E-state index in [2.05, 4.69) is 9.97 Å². The summed E-state index contributed by atoms with van der Waals surface area (Å²) in [7, 11) is 0. The number of aromatic amines is 1. The third-order valence-electron chi connectivity index (χ3n) is 2.39. The molecule has 0 bridgehead atoms. The van der Waals surface area contributed by atoms with Crippen LogP contribution in [0.3, 0.4) is 0 Å². The van der Waals surface area contributed by atoms with Crippen molar-refractivity contribution in [3.63, 3.8) is 0 Å². The summed E-state index contributed by atoms with van der Waals surface area (Å²) in [6, 6.07) is 6.54. The number of hydrogen-bond acceptors (Lipinski definition) is 3. The number of nitrogens with zero attached hydrogens (tertiary/aromatic N) is 1. The van der Waals surface area contributed by atoms with Crippen LogP contribution in [0.1, 0.15) is 5.69 Å². The number of benzene rings is 1. The molecule has 0 amide bonds. The van der Waals surface area contributed by atoms with Crippen LogP contribution in [0.15, 0.2) is 29.1 Å². The van der Waals surface area contributed by atoms with Crippen LogP contribution in [0.4, 0.5) is 0 Å². The summed E-state index contributed by atoms with van der Waals surface area (Å²) in [5, 5.41) is 0.881. The fourth-order valence-corrected chi connectivity index (χ4v) is 2.20. The number of nitrogens with one attached hydrogen (secondary N) is 1. The number of H-pyrrole nitrogens is 1. The van der Waals surface area contributed by atoms with Crippen LogP contribution in [0, 0.1) is 0 Å². The maximum Gasteiger partial charge on any atom is 0.251 e. The van der Waals surface area contributed by atoms with Gasteiger partial charge in [-0.1, -0.05) is 29.3 Å². The monoisotopic (exact) mass is 283 g/mol. The first kappa shape index (κ1) is 13.1. The lowest BCUT2D eigenvalue weighted by Gasteiger charge is -2.07. The quantitative estimate of drug-likeness (QED) is 0.908. The van der Waals surface area contributed by atoms with Crippen molar-refractivity contribution in [2.24, 2.45) is 5.73 Å². The first-order valence-electron chi connectivity index (χ1n) is 5.36. The van der Waals surface area contributed by atoms with Gasteiger partial charge in [0.25, 0.3) is 5.56 Å². The molecule has 0 aliphatic heterocycles. The van der Waals surface area contributed by atoms with Gasteiger partial charge < -0.3 is 10.7 Å².